The predicted molar refractivity (Wildman–Crippen MR) is 74.1 cm³/mol. The summed E-state index contributed by atoms with van der Waals surface area (Å²) in [6, 6.07) is 4.79. The van der Waals surface area contributed by atoms with E-state index in [4.69, 9.17) is 27.9 Å². The van der Waals surface area contributed by atoms with Crippen LogP contribution in [-0.4, -0.2) is 19.1 Å². The van der Waals surface area contributed by atoms with Crippen molar-refractivity contribution >= 4 is 29.2 Å². The zero-order valence-electron chi connectivity index (χ0n) is 10.7. The zero-order chi connectivity index (χ0) is 13.7. The maximum atomic E-state index is 11.8. The molecule has 0 aliphatic heterocycles. The van der Waals surface area contributed by atoms with Gasteiger partial charge in [0.1, 0.15) is 6.04 Å². The van der Waals surface area contributed by atoms with E-state index in [-0.39, 0.29) is 12.0 Å². The molecule has 0 saturated heterocycles. The number of hydrogen-bond acceptors (Lipinski definition) is 3. The maximum absolute atomic E-state index is 11.8. The van der Waals surface area contributed by atoms with Crippen molar-refractivity contribution < 1.29 is 9.53 Å². The highest BCUT2D eigenvalue weighted by molar-refractivity contribution is 6.42. The SMILES string of the molecule is CCC(C)NC(C(=O)OC)c1ccc(Cl)c(Cl)c1. The Kier molecular flexibility index (Phi) is 5.93. The van der Waals surface area contributed by atoms with Crippen LogP contribution in [0.3, 0.4) is 0 Å². The number of carbonyl (C=O) groups excluding carboxylic acids is 1. The molecule has 2 unspecified atom stereocenters. The Bertz CT molecular complexity index is 423. The smallest absolute Gasteiger partial charge is 0.327 e. The minimum atomic E-state index is -0.528. The molecule has 0 radical (unpaired) electrons. The lowest BCUT2D eigenvalue weighted by Gasteiger charge is -2.21. The Balaban J connectivity index is 3.01. The number of halogens is 2. The molecular weight excluding hydrogens is 273 g/mol. The van der Waals surface area contributed by atoms with E-state index in [1.807, 2.05) is 13.8 Å². The van der Waals surface area contributed by atoms with Gasteiger partial charge >= 0.3 is 5.97 Å². The van der Waals surface area contributed by atoms with Crippen LogP contribution in [-0.2, 0) is 9.53 Å². The minimum Gasteiger partial charge on any atom is -0.468 e. The summed E-state index contributed by atoms with van der Waals surface area (Å²) in [5, 5.41) is 4.09. The molecule has 3 nitrogen and oxygen atoms in total. The zero-order valence-corrected chi connectivity index (χ0v) is 12.2. The van der Waals surface area contributed by atoms with Crippen LogP contribution in [0, 0.1) is 0 Å². The van der Waals surface area contributed by atoms with Crippen molar-refractivity contribution in [1.82, 2.24) is 5.32 Å². The summed E-state index contributed by atoms with van der Waals surface area (Å²) in [6.45, 7) is 4.05. The Hall–Kier alpha value is -0.770. The molecule has 0 fully saturated rings. The number of hydrogen-bond donors (Lipinski definition) is 1. The highest BCUT2D eigenvalue weighted by atomic mass is 35.5. The number of nitrogens with one attached hydrogen (secondary N) is 1. The molecule has 100 valence electrons. The quantitative estimate of drug-likeness (QED) is 0.842. The third kappa shape index (κ3) is 3.87. The molecule has 0 saturated carbocycles. The first-order chi connectivity index (χ1) is 8.49. The largest absolute Gasteiger partial charge is 0.468 e. The lowest BCUT2D eigenvalue weighted by molar-refractivity contribution is -0.143. The fourth-order valence-corrected chi connectivity index (χ4v) is 1.82. The second-order valence-corrected chi connectivity index (χ2v) is 4.92. The highest BCUT2D eigenvalue weighted by Gasteiger charge is 2.23. The average molecular weight is 290 g/mol. The second kappa shape index (κ2) is 6.98. The van der Waals surface area contributed by atoms with Gasteiger partial charge in [-0.3, -0.25) is 5.32 Å². The molecule has 1 aromatic rings. The normalized spacial score (nSPS) is 14.1. The lowest BCUT2D eigenvalue weighted by Crippen LogP contribution is -2.35. The van der Waals surface area contributed by atoms with Crippen LogP contribution in [0.25, 0.3) is 0 Å². The van der Waals surface area contributed by atoms with Gasteiger partial charge in [-0.05, 0) is 31.0 Å². The van der Waals surface area contributed by atoms with Crippen LogP contribution in [0.1, 0.15) is 31.9 Å². The second-order valence-electron chi connectivity index (χ2n) is 4.11. The first-order valence-corrected chi connectivity index (χ1v) is 6.54. The van der Waals surface area contributed by atoms with Crippen molar-refractivity contribution in [1.29, 1.82) is 0 Å². The summed E-state index contributed by atoms with van der Waals surface area (Å²) in [5.41, 5.74) is 0.747. The number of benzene rings is 1. The molecule has 2 atom stereocenters. The van der Waals surface area contributed by atoms with Crippen molar-refractivity contribution in [2.75, 3.05) is 7.11 Å². The molecule has 0 bridgehead atoms. The Morgan fingerprint density at radius 3 is 2.56 bits per heavy atom. The van der Waals surface area contributed by atoms with Crippen molar-refractivity contribution in [3.05, 3.63) is 33.8 Å². The van der Waals surface area contributed by atoms with Crippen LogP contribution in [0.4, 0.5) is 0 Å². The van der Waals surface area contributed by atoms with Gasteiger partial charge in [0.05, 0.1) is 17.2 Å². The van der Waals surface area contributed by atoms with E-state index in [1.54, 1.807) is 18.2 Å². The van der Waals surface area contributed by atoms with Gasteiger partial charge < -0.3 is 4.74 Å². The van der Waals surface area contributed by atoms with Crippen molar-refractivity contribution in [3.63, 3.8) is 0 Å². The van der Waals surface area contributed by atoms with Crippen molar-refractivity contribution in [2.45, 2.75) is 32.4 Å². The molecule has 0 aromatic heterocycles. The number of esters is 1. The van der Waals surface area contributed by atoms with Gasteiger partial charge in [0.25, 0.3) is 0 Å². The van der Waals surface area contributed by atoms with Crippen LogP contribution in [0.5, 0.6) is 0 Å². The van der Waals surface area contributed by atoms with Gasteiger partial charge in [0.15, 0.2) is 0 Å². The summed E-state index contributed by atoms with van der Waals surface area (Å²) < 4.78 is 4.80. The van der Waals surface area contributed by atoms with E-state index in [0.717, 1.165) is 12.0 Å². The summed E-state index contributed by atoms with van der Waals surface area (Å²) in [4.78, 5) is 11.8. The predicted octanol–water partition coefficient (Wildman–Crippen LogP) is 3.60. The maximum Gasteiger partial charge on any atom is 0.327 e. The van der Waals surface area contributed by atoms with Gasteiger partial charge in [0.2, 0.25) is 0 Å². The first kappa shape index (κ1) is 15.3. The summed E-state index contributed by atoms with van der Waals surface area (Å²) >= 11 is 11.8. The van der Waals surface area contributed by atoms with Crippen molar-refractivity contribution in [2.24, 2.45) is 0 Å². The number of rotatable bonds is 5. The molecule has 0 aliphatic carbocycles. The Labute approximate surface area is 117 Å². The molecule has 1 N–H and O–H groups in total. The third-order valence-corrected chi connectivity index (χ3v) is 3.52. The van der Waals surface area contributed by atoms with Gasteiger partial charge in [-0.15, -0.1) is 0 Å². The summed E-state index contributed by atoms with van der Waals surface area (Å²) in [5.74, 6) is -0.339. The monoisotopic (exact) mass is 289 g/mol. The number of ether oxygens (including phenoxy) is 1. The fraction of sp³-hybridized carbons (Fsp3) is 0.462. The van der Waals surface area contributed by atoms with Crippen LogP contribution in [0.15, 0.2) is 18.2 Å². The first-order valence-electron chi connectivity index (χ1n) is 5.78. The van der Waals surface area contributed by atoms with Gasteiger partial charge in [0, 0.05) is 6.04 Å². The van der Waals surface area contributed by atoms with Crippen LogP contribution in [0.2, 0.25) is 10.0 Å². The van der Waals surface area contributed by atoms with E-state index in [1.165, 1.54) is 7.11 Å². The van der Waals surface area contributed by atoms with E-state index in [9.17, 15) is 4.79 Å². The highest BCUT2D eigenvalue weighted by Crippen LogP contribution is 2.26. The van der Waals surface area contributed by atoms with Gasteiger partial charge in [-0.2, -0.15) is 0 Å². The van der Waals surface area contributed by atoms with Gasteiger partial charge in [-0.1, -0.05) is 36.2 Å². The van der Waals surface area contributed by atoms with Crippen molar-refractivity contribution in [3.8, 4) is 0 Å². The van der Waals surface area contributed by atoms with E-state index in [0.29, 0.717) is 10.0 Å². The van der Waals surface area contributed by atoms with Gasteiger partial charge in [-0.25, -0.2) is 4.79 Å². The number of carbonyl (C=O) groups is 1. The molecule has 0 amide bonds. The standard InChI is InChI=1S/C13H17Cl2NO2/c1-4-8(2)16-12(13(17)18-3)9-5-6-10(14)11(15)7-9/h5-8,12,16H,4H2,1-3H3. The molecule has 0 aliphatic rings. The third-order valence-electron chi connectivity index (χ3n) is 2.78. The summed E-state index contributed by atoms with van der Waals surface area (Å²) in [6.07, 6.45) is 0.912. The average Bonchev–Trinajstić information content (AvgIpc) is 2.38. The summed E-state index contributed by atoms with van der Waals surface area (Å²) in [7, 11) is 1.37. The van der Waals surface area contributed by atoms with Crippen LogP contribution >= 0.6 is 23.2 Å². The Morgan fingerprint density at radius 1 is 1.39 bits per heavy atom. The minimum absolute atomic E-state index is 0.198. The van der Waals surface area contributed by atoms with E-state index < -0.39 is 6.04 Å². The van der Waals surface area contributed by atoms with E-state index in [2.05, 4.69) is 5.32 Å². The van der Waals surface area contributed by atoms with E-state index >= 15 is 0 Å². The lowest BCUT2D eigenvalue weighted by atomic mass is 10.1. The molecule has 18 heavy (non-hydrogen) atoms. The molecule has 0 heterocycles. The molecule has 5 heteroatoms. The number of methoxy groups -OCH3 is 1. The van der Waals surface area contributed by atoms with Crippen LogP contribution < -0.4 is 5.32 Å². The topological polar surface area (TPSA) is 38.3 Å². The molecule has 1 rings (SSSR count). The molecule has 1 aromatic carbocycles. The fourth-order valence-electron chi connectivity index (χ4n) is 1.51. The Morgan fingerprint density at radius 2 is 2.06 bits per heavy atom. The molecular formula is C13H17Cl2NO2. The molecule has 0 spiro atoms.